The topological polar surface area (TPSA) is 54.2 Å². The highest BCUT2D eigenvalue weighted by atomic mass is 16.3. The zero-order chi connectivity index (χ0) is 17.9. The summed E-state index contributed by atoms with van der Waals surface area (Å²) in [7, 11) is 4.09. The predicted octanol–water partition coefficient (Wildman–Crippen LogP) is 4.14. The Balaban J connectivity index is 2.20. The van der Waals surface area contributed by atoms with E-state index in [1.54, 1.807) is 12.1 Å². The average Bonchev–Trinajstić information content (AvgIpc) is 2.86. The molecule has 4 aromatic rings. The van der Waals surface area contributed by atoms with Gasteiger partial charge >= 0.3 is 0 Å². The summed E-state index contributed by atoms with van der Waals surface area (Å²) >= 11 is 0. The zero-order valence-electron chi connectivity index (χ0n) is 15.2. The number of rotatable bonds is 2. The lowest BCUT2D eigenvalue weighted by molar-refractivity contribution is 0.249. The fourth-order valence-corrected chi connectivity index (χ4v) is 3.30. The van der Waals surface area contributed by atoms with Crippen molar-refractivity contribution in [1.29, 1.82) is 0 Å². The first-order chi connectivity index (χ1) is 11.9. The Morgan fingerprint density at radius 2 is 1.64 bits per heavy atom. The van der Waals surface area contributed by atoms with Crippen LogP contribution in [0.2, 0.25) is 0 Å². The van der Waals surface area contributed by atoms with Crippen LogP contribution in [0.3, 0.4) is 0 Å². The monoisotopic (exact) mass is 334 g/mol. The van der Waals surface area contributed by atoms with E-state index < -0.39 is 0 Å². The Labute approximate surface area is 146 Å². The molecule has 128 valence electrons. The fourth-order valence-electron chi connectivity index (χ4n) is 3.30. The van der Waals surface area contributed by atoms with E-state index in [2.05, 4.69) is 42.4 Å². The Bertz CT molecular complexity index is 1130. The van der Waals surface area contributed by atoms with E-state index in [0.29, 0.717) is 0 Å². The number of benzene rings is 2. The summed E-state index contributed by atoms with van der Waals surface area (Å²) in [6.07, 6.45) is 0.114. The summed E-state index contributed by atoms with van der Waals surface area (Å²) in [6.45, 7) is 6.32. The third kappa shape index (κ3) is 2.35. The molecule has 5 nitrogen and oxygen atoms in total. The van der Waals surface area contributed by atoms with Crippen LogP contribution >= 0.6 is 0 Å². The van der Waals surface area contributed by atoms with Crippen molar-refractivity contribution >= 4 is 33.1 Å². The maximum absolute atomic E-state index is 9.97. The fraction of sp³-hybridized carbons (Fsp3) is 0.300. The van der Waals surface area contributed by atoms with Crippen molar-refractivity contribution in [3.05, 3.63) is 41.5 Å². The number of nitrogens with zero attached hydrogens (tertiary/aromatic N) is 4. The van der Waals surface area contributed by atoms with Gasteiger partial charge < -0.3 is 9.67 Å². The molecule has 0 radical (unpaired) electrons. The van der Waals surface area contributed by atoms with Gasteiger partial charge in [-0.15, -0.1) is 0 Å². The maximum Gasteiger partial charge on any atom is 0.161 e. The quantitative estimate of drug-likeness (QED) is 0.598. The summed E-state index contributed by atoms with van der Waals surface area (Å²) in [5.41, 5.74) is 6.90. The molecule has 0 aliphatic rings. The summed E-state index contributed by atoms with van der Waals surface area (Å²) < 4.78 is 2.19. The molecule has 0 saturated heterocycles. The van der Waals surface area contributed by atoms with E-state index in [4.69, 9.17) is 9.97 Å². The van der Waals surface area contributed by atoms with Crippen molar-refractivity contribution in [3.63, 3.8) is 0 Å². The number of aromatic hydroxyl groups is 1. The van der Waals surface area contributed by atoms with E-state index in [0.717, 1.165) is 33.1 Å². The Hall–Kier alpha value is -2.66. The molecular weight excluding hydrogens is 312 g/mol. The lowest BCUT2D eigenvalue weighted by Crippen LogP contribution is -2.22. The molecular formula is C20H22N4O. The molecule has 2 aromatic carbocycles. The predicted molar refractivity (Wildman–Crippen MR) is 102 cm³/mol. The van der Waals surface area contributed by atoms with Gasteiger partial charge in [0.1, 0.15) is 11.3 Å². The third-order valence-electron chi connectivity index (χ3n) is 5.11. The second-order valence-electron chi connectivity index (χ2n) is 6.99. The average molecular weight is 334 g/mol. The molecule has 1 atom stereocenters. The van der Waals surface area contributed by atoms with E-state index in [-0.39, 0.29) is 11.9 Å². The second-order valence-corrected chi connectivity index (χ2v) is 6.99. The largest absolute Gasteiger partial charge is 0.508 e. The Kier molecular flexibility index (Phi) is 3.44. The summed E-state index contributed by atoms with van der Waals surface area (Å²) in [4.78, 5) is 12.0. The van der Waals surface area contributed by atoms with E-state index in [1.807, 2.05) is 20.2 Å². The molecule has 0 saturated carbocycles. The molecule has 5 heteroatoms. The van der Waals surface area contributed by atoms with Crippen molar-refractivity contribution < 1.29 is 5.11 Å². The van der Waals surface area contributed by atoms with Crippen LogP contribution < -0.4 is 0 Å². The maximum atomic E-state index is 9.97. The molecule has 1 unspecified atom stereocenters. The van der Waals surface area contributed by atoms with Gasteiger partial charge in [0.2, 0.25) is 0 Å². The zero-order valence-corrected chi connectivity index (χ0v) is 15.2. The van der Waals surface area contributed by atoms with Gasteiger partial charge in [-0.2, -0.15) is 0 Å². The molecule has 0 aliphatic carbocycles. The normalized spacial score (nSPS) is 13.4. The van der Waals surface area contributed by atoms with Gasteiger partial charge in [-0.25, -0.2) is 9.97 Å². The Morgan fingerprint density at radius 1 is 1.00 bits per heavy atom. The summed E-state index contributed by atoms with van der Waals surface area (Å²) in [6, 6.07) is 9.61. The summed E-state index contributed by atoms with van der Waals surface area (Å²) in [5.74, 6) is 0.242. The van der Waals surface area contributed by atoms with Crippen molar-refractivity contribution in [1.82, 2.24) is 19.4 Å². The number of fused-ring (bicyclic) bond motifs is 4. The minimum Gasteiger partial charge on any atom is -0.508 e. The lowest BCUT2D eigenvalue weighted by atomic mass is 10.1. The molecule has 4 rings (SSSR count). The van der Waals surface area contributed by atoms with Crippen LogP contribution in [0.15, 0.2) is 30.3 Å². The van der Waals surface area contributed by atoms with Crippen molar-refractivity contribution in [3.8, 4) is 5.75 Å². The second kappa shape index (κ2) is 5.43. The number of aryl methyl sites for hydroxylation is 2. The number of phenols is 1. The van der Waals surface area contributed by atoms with Gasteiger partial charge in [0.25, 0.3) is 0 Å². The van der Waals surface area contributed by atoms with E-state index in [1.165, 1.54) is 11.1 Å². The highest BCUT2D eigenvalue weighted by Gasteiger charge is 2.20. The van der Waals surface area contributed by atoms with E-state index in [9.17, 15) is 5.11 Å². The molecule has 25 heavy (non-hydrogen) atoms. The van der Waals surface area contributed by atoms with Crippen molar-refractivity contribution in [2.45, 2.75) is 26.9 Å². The minimum absolute atomic E-state index is 0.114. The first-order valence-corrected chi connectivity index (χ1v) is 8.45. The number of aromatic nitrogens is 3. The first-order valence-electron chi connectivity index (χ1n) is 8.45. The molecule has 0 fully saturated rings. The molecule has 2 aromatic heterocycles. The summed E-state index contributed by atoms with van der Waals surface area (Å²) in [5, 5.41) is 10.9. The van der Waals surface area contributed by atoms with Crippen LogP contribution in [0.1, 0.15) is 24.2 Å². The van der Waals surface area contributed by atoms with Gasteiger partial charge in [-0.1, -0.05) is 0 Å². The van der Waals surface area contributed by atoms with Crippen LogP contribution in [0, 0.1) is 13.8 Å². The molecule has 2 heterocycles. The number of phenolic OH excluding ortho intramolecular Hbond substituents is 1. The van der Waals surface area contributed by atoms with Crippen LogP contribution in [0.4, 0.5) is 0 Å². The minimum atomic E-state index is 0.114. The van der Waals surface area contributed by atoms with Crippen molar-refractivity contribution in [2.75, 3.05) is 14.1 Å². The third-order valence-corrected chi connectivity index (χ3v) is 5.11. The number of hydrogen-bond donors (Lipinski definition) is 1. The van der Waals surface area contributed by atoms with Gasteiger partial charge in [0.05, 0.1) is 22.7 Å². The lowest BCUT2D eigenvalue weighted by Gasteiger charge is -2.23. The van der Waals surface area contributed by atoms with Crippen LogP contribution in [0.25, 0.3) is 33.1 Å². The molecule has 0 bridgehead atoms. The molecule has 1 N–H and O–H groups in total. The number of hydrogen-bond acceptors (Lipinski definition) is 4. The first kappa shape index (κ1) is 15.8. The molecule has 0 spiro atoms. The highest BCUT2D eigenvalue weighted by molar-refractivity contribution is 6.07. The van der Waals surface area contributed by atoms with Gasteiger partial charge in [0.15, 0.2) is 5.65 Å². The Morgan fingerprint density at radius 3 is 2.28 bits per heavy atom. The van der Waals surface area contributed by atoms with Crippen LogP contribution in [0.5, 0.6) is 5.75 Å². The van der Waals surface area contributed by atoms with Crippen molar-refractivity contribution in [2.24, 2.45) is 0 Å². The van der Waals surface area contributed by atoms with Gasteiger partial charge in [-0.05, 0) is 76.3 Å². The van der Waals surface area contributed by atoms with Gasteiger partial charge in [-0.3, -0.25) is 4.90 Å². The van der Waals surface area contributed by atoms with Crippen LogP contribution in [-0.4, -0.2) is 38.6 Å². The standard InChI is InChI=1S/C20H22N4O/c1-11-8-16-17(9-12(11)2)22-20-19(21-16)15-10-14(25)6-7-18(15)24(20)13(3)23(4)5/h6-10,13,25H,1-5H3. The van der Waals surface area contributed by atoms with Gasteiger partial charge in [0, 0.05) is 5.39 Å². The van der Waals surface area contributed by atoms with E-state index >= 15 is 0 Å². The highest BCUT2D eigenvalue weighted by Crippen LogP contribution is 2.33. The van der Waals surface area contributed by atoms with Crippen LogP contribution in [-0.2, 0) is 0 Å². The molecule has 0 amide bonds. The smallest absolute Gasteiger partial charge is 0.161 e. The SMILES string of the molecule is Cc1cc2nc3c4cc(O)ccc4n(C(C)N(C)C)c3nc2cc1C. The molecule has 0 aliphatic heterocycles.